The van der Waals surface area contributed by atoms with Gasteiger partial charge < -0.3 is 0 Å². The predicted molar refractivity (Wildman–Crippen MR) is 81.3 cm³/mol. The van der Waals surface area contributed by atoms with Crippen LogP contribution >= 0.6 is 22.6 Å². The highest BCUT2D eigenvalue weighted by molar-refractivity contribution is 14.1. The van der Waals surface area contributed by atoms with Gasteiger partial charge in [-0.15, -0.1) is 5.11 Å². The summed E-state index contributed by atoms with van der Waals surface area (Å²) in [6, 6.07) is 15.1. The molecule has 1 N–H and O–H groups in total. The van der Waals surface area contributed by atoms with Crippen molar-refractivity contribution in [1.29, 1.82) is 5.26 Å². The average molecular weight is 363 g/mol. The van der Waals surface area contributed by atoms with Gasteiger partial charge in [0.05, 0.1) is 11.4 Å². The first-order valence-corrected chi connectivity index (χ1v) is 7.04. The van der Waals surface area contributed by atoms with E-state index in [2.05, 4.69) is 43.3 Å². The van der Waals surface area contributed by atoms with Gasteiger partial charge >= 0.3 is 0 Å². The number of anilines is 1. The van der Waals surface area contributed by atoms with E-state index in [1.54, 1.807) is 6.07 Å². The molecule has 0 bridgehead atoms. The zero-order valence-electron chi connectivity index (χ0n) is 9.92. The van der Waals surface area contributed by atoms with Crippen LogP contribution in [-0.2, 0) is 4.43 Å². The molecule has 0 aliphatic carbocycles. The molecule has 0 saturated carbocycles. The number of benzene rings is 1. The number of pyridine rings is 1. The standard InChI is InChI=1S/C13H10IN5/c14-8-11-6-7-12(13(9-15)16-11)18-19-17-10-4-2-1-3-5-10/h1-7H,8H2,(H,17,18). The van der Waals surface area contributed by atoms with E-state index in [0.717, 1.165) is 15.8 Å². The largest absolute Gasteiger partial charge is 0.260 e. The molecule has 2 rings (SSSR count). The van der Waals surface area contributed by atoms with E-state index in [-0.39, 0.29) is 5.69 Å². The van der Waals surface area contributed by atoms with E-state index < -0.39 is 0 Å². The third-order valence-electron chi connectivity index (χ3n) is 2.29. The minimum Gasteiger partial charge on any atom is -0.260 e. The molecule has 0 fully saturated rings. The van der Waals surface area contributed by atoms with Crippen LogP contribution in [0.4, 0.5) is 11.4 Å². The van der Waals surface area contributed by atoms with Crippen LogP contribution in [0, 0.1) is 11.3 Å². The van der Waals surface area contributed by atoms with Crippen LogP contribution in [0.5, 0.6) is 0 Å². The number of nitrogens with zero attached hydrogens (tertiary/aromatic N) is 4. The van der Waals surface area contributed by atoms with E-state index in [0.29, 0.717) is 5.69 Å². The van der Waals surface area contributed by atoms with Gasteiger partial charge in [0.25, 0.3) is 0 Å². The van der Waals surface area contributed by atoms with Crippen molar-refractivity contribution in [3.63, 3.8) is 0 Å². The van der Waals surface area contributed by atoms with E-state index in [1.165, 1.54) is 0 Å². The summed E-state index contributed by atoms with van der Waals surface area (Å²) in [6.07, 6.45) is 0. The lowest BCUT2D eigenvalue weighted by Crippen LogP contribution is -1.90. The Bertz CT molecular complexity index is 619. The summed E-state index contributed by atoms with van der Waals surface area (Å²) >= 11 is 2.20. The number of nitriles is 1. The smallest absolute Gasteiger partial charge is 0.168 e. The molecule has 0 aliphatic heterocycles. The Kier molecular flexibility index (Phi) is 4.80. The van der Waals surface area contributed by atoms with Gasteiger partial charge in [0, 0.05) is 4.43 Å². The maximum Gasteiger partial charge on any atom is 0.168 e. The highest BCUT2D eigenvalue weighted by atomic mass is 127. The number of hydrogen-bond acceptors (Lipinski definition) is 4. The number of para-hydroxylation sites is 1. The summed E-state index contributed by atoms with van der Waals surface area (Å²) in [6.45, 7) is 0. The lowest BCUT2D eigenvalue weighted by Gasteiger charge is -2.00. The van der Waals surface area contributed by atoms with E-state index in [1.807, 2.05) is 42.5 Å². The van der Waals surface area contributed by atoms with Gasteiger partial charge in [-0.2, -0.15) is 5.26 Å². The minimum absolute atomic E-state index is 0.285. The molecule has 19 heavy (non-hydrogen) atoms. The normalized spacial score (nSPS) is 10.3. The molecule has 0 saturated heterocycles. The molecule has 6 heteroatoms. The van der Waals surface area contributed by atoms with Crippen LogP contribution in [0.1, 0.15) is 11.4 Å². The van der Waals surface area contributed by atoms with Gasteiger partial charge in [-0.05, 0) is 24.3 Å². The van der Waals surface area contributed by atoms with Crippen molar-refractivity contribution in [2.24, 2.45) is 10.3 Å². The Morgan fingerprint density at radius 3 is 2.68 bits per heavy atom. The molecular weight excluding hydrogens is 353 g/mol. The third-order valence-corrected chi connectivity index (χ3v) is 3.07. The summed E-state index contributed by atoms with van der Waals surface area (Å²) in [4.78, 5) is 4.19. The Morgan fingerprint density at radius 2 is 2.00 bits per heavy atom. The van der Waals surface area contributed by atoms with Gasteiger partial charge in [0.2, 0.25) is 0 Å². The van der Waals surface area contributed by atoms with Crippen LogP contribution < -0.4 is 5.43 Å². The maximum atomic E-state index is 9.02. The Hall–Kier alpha value is -2.01. The number of rotatable bonds is 4. The highest BCUT2D eigenvalue weighted by Crippen LogP contribution is 2.18. The second-order valence-corrected chi connectivity index (χ2v) is 4.36. The van der Waals surface area contributed by atoms with Crippen molar-refractivity contribution >= 4 is 34.0 Å². The Labute approximate surface area is 124 Å². The monoisotopic (exact) mass is 363 g/mol. The third kappa shape index (κ3) is 3.72. The Balaban J connectivity index is 2.13. The summed E-state index contributed by atoms with van der Waals surface area (Å²) in [5.74, 6) is 0. The van der Waals surface area contributed by atoms with Gasteiger partial charge in [-0.3, -0.25) is 5.43 Å². The molecule has 0 aliphatic rings. The number of nitrogens with one attached hydrogen (secondary N) is 1. The molecule has 0 amide bonds. The average Bonchev–Trinajstić information content (AvgIpc) is 2.48. The molecule has 1 aromatic carbocycles. The zero-order chi connectivity index (χ0) is 13.5. The molecule has 0 radical (unpaired) electrons. The van der Waals surface area contributed by atoms with Crippen LogP contribution in [0.15, 0.2) is 52.8 Å². The van der Waals surface area contributed by atoms with E-state index >= 15 is 0 Å². The fourth-order valence-corrected chi connectivity index (χ4v) is 1.80. The molecule has 1 heterocycles. The van der Waals surface area contributed by atoms with Crippen molar-refractivity contribution in [2.45, 2.75) is 4.43 Å². The van der Waals surface area contributed by atoms with Crippen molar-refractivity contribution in [3.8, 4) is 6.07 Å². The van der Waals surface area contributed by atoms with Crippen molar-refractivity contribution < 1.29 is 0 Å². The molecule has 1 aromatic heterocycles. The first-order valence-electron chi connectivity index (χ1n) is 5.51. The molecule has 0 spiro atoms. The van der Waals surface area contributed by atoms with Crippen LogP contribution in [0.3, 0.4) is 0 Å². The van der Waals surface area contributed by atoms with Crippen LogP contribution in [0.2, 0.25) is 0 Å². The first-order chi connectivity index (χ1) is 9.33. The molecule has 0 unspecified atom stereocenters. The molecule has 94 valence electrons. The first kappa shape index (κ1) is 13.4. The fraction of sp³-hybridized carbons (Fsp3) is 0.0769. The molecule has 0 atom stereocenters. The molecule has 2 aromatic rings. The summed E-state index contributed by atoms with van der Waals surface area (Å²) in [5.41, 5.74) is 5.22. The zero-order valence-corrected chi connectivity index (χ0v) is 12.1. The van der Waals surface area contributed by atoms with Gasteiger partial charge in [0.15, 0.2) is 5.69 Å². The second-order valence-electron chi connectivity index (χ2n) is 3.59. The SMILES string of the molecule is N#Cc1nc(CI)ccc1N=NNc1ccccc1. The number of aromatic nitrogens is 1. The summed E-state index contributed by atoms with van der Waals surface area (Å²) < 4.78 is 0.756. The van der Waals surface area contributed by atoms with Crippen molar-refractivity contribution in [1.82, 2.24) is 4.98 Å². The van der Waals surface area contributed by atoms with Gasteiger partial charge in [0.1, 0.15) is 11.8 Å². The molecular formula is C13H10IN5. The fourth-order valence-electron chi connectivity index (χ4n) is 1.38. The lowest BCUT2D eigenvalue weighted by molar-refractivity contribution is 1.09. The highest BCUT2D eigenvalue weighted by Gasteiger charge is 2.03. The topological polar surface area (TPSA) is 73.4 Å². The van der Waals surface area contributed by atoms with E-state index in [9.17, 15) is 0 Å². The van der Waals surface area contributed by atoms with Gasteiger partial charge in [-0.25, -0.2) is 4.98 Å². The number of halogens is 1. The van der Waals surface area contributed by atoms with Crippen molar-refractivity contribution in [2.75, 3.05) is 5.43 Å². The second kappa shape index (κ2) is 6.80. The minimum atomic E-state index is 0.285. The molecule has 5 nitrogen and oxygen atoms in total. The lowest BCUT2D eigenvalue weighted by atomic mass is 10.3. The number of hydrogen-bond donors (Lipinski definition) is 1. The van der Waals surface area contributed by atoms with Crippen LogP contribution in [-0.4, -0.2) is 4.98 Å². The quantitative estimate of drug-likeness (QED) is 0.386. The maximum absolute atomic E-state index is 9.02. The van der Waals surface area contributed by atoms with E-state index in [4.69, 9.17) is 5.26 Å². The predicted octanol–water partition coefficient (Wildman–Crippen LogP) is 4.00. The summed E-state index contributed by atoms with van der Waals surface area (Å²) in [7, 11) is 0. The van der Waals surface area contributed by atoms with Crippen molar-refractivity contribution in [3.05, 3.63) is 53.9 Å². The Morgan fingerprint density at radius 1 is 1.21 bits per heavy atom. The van der Waals surface area contributed by atoms with Gasteiger partial charge in [-0.1, -0.05) is 46.0 Å². The van der Waals surface area contributed by atoms with Crippen LogP contribution in [0.25, 0.3) is 0 Å². The summed E-state index contributed by atoms with van der Waals surface area (Å²) in [5, 5.41) is 16.8. The number of alkyl halides is 1.